The summed E-state index contributed by atoms with van der Waals surface area (Å²) < 4.78 is 12.7. The molecular formula is C19H22FN3O5. The molecule has 1 aliphatic heterocycles. The number of nitrogens with one attached hydrogen (secondary N) is 1. The van der Waals surface area contributed by atoms with Crippen LogP contribution in [0.4, 0.5) is 4.39 Å². The van der Waals surface area contributed by atoms with E-state index in [0.717, 1.165) is 12.8 Å². The number of carboxylic acid groups (broad SMARTS) is 1. The van der Waals surface area contributed by atoms with Gasteiger partial charge in [0.1, 0.15) is 18.4 Å². The number of aliphatic carboxylic acids is 1. The van der Waals surface area contributed by atoms with Crippen molar-refractivity contribution in [2.75, 3.05) is 6.67 Å². The van der Waals surface area contributed by atoms with Crippen molar-refractivity contribution < 1.29 is 28.7 Å². The minimum absolute atomic E-state index is 0.125. The summed E-state index contributed by atoms with van der Waals surface area (Å²) in [5.41, 5.74) is 0.904. The molecule has 0 spiro atoms. The number of oxime groups is 1. The molecule has 2 N–H and O–H groups in total. The first-order chi connectivity index (χ1) is 13.4. The van der Waals surface area contributed by atoms with E-state index in [9.17, 15) is 18.8 Å². The Morgan fingerprint density at radius 2 is 2.18 bits per heavy atom. The van der Waals surface area contributed by atoms with Gasteiger partial charge in [0.2, 0.25) is 5.60 Å². The number of aromatic nitrogens is 1. The van der Waals surface area contributed by atoms with E-state index in [1.165, 1.54) is 5.56 Å². The van der Waals surface area contributed by atoms with E-state index in [4.69, 9.17) is 9.94 Å². The third-order valence-electron chi connectivity index (χ3n) is 5.10. The van der Waals surface area contributed by atoms with Gasteiger partial charge in [-0.05, 0) is 42.9 Å². The van der Waals surface area contributed by atoms with Gasteiger partial charge in [0.25, 0.3) is 5.91 Å². The van der Waals surface area contributed by atoms with Gasteiger partial charge in [0.15, 0.2) is 5.78 Å². The first kappa shape index (κ1) is 19.9. The van der Waals surface area contributed by atoms with Gasteiger partial charge >= 0.3 is 5.97 Å². The molecule has 28 heavy (non-hydrogen) atoms. The predicted molar refractivity (Wildman–Crippen MR) is 96.6 cm³/mol. The summed E-state index contributed by atoms with van der Waals surface area (Å²) >= 11 is 0. The van der Waals surface area contributed by atoms with E-state index < -0.39 is 42.4 Å². The molecule has 1 aliphatic carbocycles. The summed E-state index contributed by atoms with van der Waals surface area (Å²) in [7, 11) is 0. The number of ketones is 1. The Bertz CT molecular complexity index is 824. The molecule has 150 valence electrons. The molecule has 1 fully saturated rings. The first-order valence-electron chi connectivity index (χ1n) is 9.21. The molecular weight excluding hydrogens is 369 g/mol. The van der Waals surface area contributed by atoms with E-state index in [0.29, 0.717) is 17.3 Å². The molecule has 1 aromatic heterocycles. The Hall–Kier alpha value is -2.84. The van der Waals surface area contributed by atoms with Crippen molar-refractivity contribution in [1.82, 2.24) is 10.3 Å². The van der Waals surface area contributed by atoms with Gasteiger partial charge in [0, 0.05) is 12.6 Å². The number of amides is 1. The normalized spacial score (nSPS) is 22.1. The average molecular weight is 391 g/mol. The highest BCUT2D eigenvalue weighted by Gasteiger charge is 2.47. The summed E-state index contributed by atoms with van der Waals surface area (Å²) in [6.45, 7) is 0.354. The predicted octanol–water partition coefficient (Wildman–Crippen LogP) is 1.73. The highest BCUT2D eigenvalue weighted by atomic mass is 19.1. The Morgan fingerprint density at radius 1 is 1.43 bits per heavy atom. The van der Waals surface area contributed by atoms with Crippen molar-refractivity contribution in [3.63, 3.8) is 0 Å². The lowest BCUT2D eigenvalue weighted by atomic mass is 9.91. The van der Waals surface area contributed by atoms with Crippen LogP contribution in [0.3, 0.4) is 0 Å². The molecule has 8 nitrogen and oxygen atoms in total. The zero-order valence-corrected chi connectivity index (χ0v) is 15.5. The number of pyridine rings is 1. The van der Waals surface area contributed by atoms with Gasteiger partial charge in [-0.2, -0.15) is 0 Å². The monoisotopic (exact) mass is 391 g/mol. The largest absolute Gasteiger partial charge is 0.481 e. The summed E-state index contributed by atoms with van der Waals surface area (Å²) in [5.74, 6) is -2.48. The second-order valence-corrected chi connectivity index (χ2v) is 7.13. The molecule has 0 radical (unpaired) electrons. The van der Waals surface area contributed by atoms with E-state index in [1.807, 2.05) is 12.1 Å². The lowest BCUT2D eigenvalue weighted by molar-refractivity contribution is -0.148. The van der Waals surface area contributed by atoms with Crippen LogP contribution in [0.5, 0.6) is 0 Å². The number of Topliss-reactive ketones (excluding diaryl/α,β-unsaturated/α-hetero) is 1. The molecule has 1 unspecified atom stereocenters. The zero-order valence-electron chi connectivity index (χ0n) is 15.5. The van der Waals surface area contributed by atoms with E-state index in [1.54, 1.807) is 13.1 Å². The van der Waals surface area contributed by atoms with E-state index >= 15 is 0 Å². The van der Waals surface area contributed by atoms with E-state index in [2.05, 4.69) is 15.5 Å². The SMILES string of the molecule is CCC1(C(=O)N[C@@H](CC(=O)O)C(=O)CF)CC(c2cc(C3CC3)ccn2)=NO1. The molecule has 1 aromatic rings. The quantitative estimate of drug-likeness (QED) is 0.662. The van der Waals surface area contributed by atoms with Crippen LogP contribution in [0.15, 0.2) is 23.5 Å². The van der Waals surface area contributed by atoms with Crippen molar-refractivity contribution in [2.24, 2.45) is 5.16 Å². The fourth-order valence-electron chi connectivity index (χ4n) is 3.16. The van der Waals surface area contributed by atoms with Crippen molar-refractivity contribution >= 4 is 23.4 Å². The molecule has 2 atom stereocenters. The smallest absolute Gasteiger partial charge is 0.305 e. The van der Waals surface area contributed by atoms with Crippen molar-refractivity contribution in [3.8, 4) is 0 Å². The first-order valence-corrected chi connectivity index (χ1v) is 9.21. The minimum Gasteiger partial charge on any atom is -0.481 e. The van der Waals surface area contributed by atoms with Gasteiger partial charge < -0.3 is 15.3 Å². The van der Waals surface area contributed by atoms with Crippen molar-refractivity contribution in [1.29, 1.82) is 0 Å². The number of carboxylic acids is 1. The number of carbonyl (C=O) groups excluding carboxylic acids is 2. The van der Waals surface area contributed by atoms with Crippen LogP contribution in [0.1, 0.15) is 56.2 Å². The molecule has 2 aliphatic rings. The fourth-order valence-corrected chi connectivity index (χ4v) is 3.16. The van der Waals surface area contributed by atoms with Crippen LogP contribution in [0.2, 0.25) is 0 Å². The molecule has 2 heterocycles. The highest BCUT2D eigenvalue weighted by Crippen LogP contribution is 2.40. The van der Waals surface area contributed by atoms with Gasteiger partial charge in [-0.25, -0.2) is 4.39 Å². The topological polar surface area (TPSA) is 118 Å². The van der Waals surface area contributed by atoms with Gasteiger partial charge in [-0.1, -0.05) is 12.1 Å². The number of hydrogen-bond acceptors (Lipinski definition) is 6. The fraction of sp³-hybridized carbons (Fsp3) is 0.526. The third-order valence-corrected chi connectivity index (χ3v) is 5.10. The maximum absolute atomic E-state index is 12.8. The van der Waals surface area contributed by atoms with Crippen LogP contribution in [-0.4, -0.2) is 51.8 Å². The summed E-state index contributed by atoms with van der Waals surface area (Å²) in [6, 6.07) is 2.43. The lowest BCUT2D eigenvalue weighted by Crippen LogP contribution is -2.53. The van der Waals surface area contributed by atoms with Crippen LogP contribution in [0.25, 0.3) is 0 Å². The van der Waals surface area contributed by atoms with Crippen molar-refractivity contribution in [3.05, 3.63) is 29.6 Å². The number of halogens is 1. The number of hydrogen-bond donors (Lipinski definition) is 2. The second kappa shape index (κ2) is 8.04. The van der Waals surface area contributed by atoms with Gasteiger partial charge in [-0.15, -0.1) is 0 Å². The molecule has 0 saturated heterocycles. The molecule has 3 rings (SSSR count). The molecule has 0 aromatic carbocycles. The minimum atomic E-state index is -1.46. The Labute approximate surface area is 161 Å². The van der Waals surface area contributed by atoms with Crippen LogP contribution in [0, 0.1) is 0 Å². The Morgan fingerprint density at radius 3 is 2.79 bits per heavy atom. The summed E-state index contributed by atoms with van der Waals surface area (Å²) in [6.07, 6.45) is 3.63. The maximum Gasteiger partial charge on any atom is 0.305 e. The van der Waals surface area contributed by atoms with Crippen molar-refractivity contribution in [2.45, 2.75) is 56.6 Å². The summed E-state index contributed by atoms with van der Waals surface area (Å²) in [4.78, 5) is 45.1. The lowest BCUT2D eigenvalue weighted by Gasteiger charge is -2.26. The third kappa shape index (κ3) is 4.18. The molecule has 0 bridgehead atoms. The highest BCUT2D eigenvalue weighted by molar-refractivity contribution is 6.05. The van der Waals surface area contributed by atoms with Gasteiger partial charge in [0.05, 0.1) is 12.1 Å². The average Bonchev–Trinajstić information content (AvgIpc) is 3.45. The Balaban J connectivity index is 1.73. The number of rotatable bonds is 9. The van der Waals surface area contributed by atoms with Gasteiger partial charge in [-0.3, -0.25) is 19.4 Å². The number of carbonyl (C=O) groups is 3. The second-order valence-electron chi connectivity index (χ2n) is 7.13. The van der Waals surface area contributed by atoms with E-state index in [-0.39, 0.29) is 12.8 Å². The molecule has 1 saturated carbocycles. The van der Waals surface area contributed by atoms with Crippen LogP contribution in [-0.2, 0) is 19.2 Å². The van der Waals surface area contributed by atoms with Crippen LogP contribution < -0.4 is 5.32 Å². The Kier molecular flexibility index (Phi) is 5.71. The zero-order chi connectivity index (χ0) is 20.3. The molecule has 9 heteroatoms. The summed E-state index contributed by atoms with van der Waals surface area (Å²) in [5, 5.41) is 15.2. The number of nitrogens with zero attached hydrogens (tertiary/aromatic N) is 2. The standard InChI is InChI=1S/C19H22FN3O5/c1-2-19(18(27)22-14(8-17(25)26)16(24)10-20)9-15(23-28-19)13-7-12(5-6-21-13)11-3-4-11/h5-7,11,14H,2-4,8-10H2,1H3,(H,22,27)(H,25,26)/t14-,19?/m0/s1. The van der Waals surface area contributed by atoms with Crippen LogP contribution >= 0.6 is 0 Å². The maximum atomic E-state index is 12.8. The molecule has 1 amide bonds. The number of alkyl halides is 1.